The largest absolute Gasteiger partial charge is 0.390 e. The summed E-state index contributed by atoms with van der Waals surface area (Å²) in [6.07, 6.45) is 5.16. The Hall–Kier alpha value is -0.950. The predicted molar refractivity (Wildman–Crippen MR) is 115 cm³/mol. The lowest BCUT2D eigenvalue weighted by Crippen LogP contribution is -2.52. The van der Waals surface area contributed by atoms with Gasteiger partial charge in [-0.15, -0.1) is 0 Å². The number of hydrogen-bond acceptors (Lipinski definition) is 5. The number of nitrogens with zero attached hydrogens (tertiary/aromatic N) is 2. The Labute approximate surface area is 170 Å². The Morgan fingerprint density at radius 2 is 1.68 bits per heavy atom. The molecule has 1 saturated heterocycles. The summed E-state index contributed by atoms with van der Waals surface area (Å²) in [6, 6.07) is 8.59. The summed E-state index contributed by atoms with van der Waals surface area (Å²) in [5, 5.41) is 10.5. The molecule has 28 heavy (non-hydrogen) atoms. The Balaban J connectivity index is 1.90. The molecule has 0 bridgehead atoms. The molecule has 1 aliphatic carbocycles. The normalized spacial score (nSPS) is 26.8. The zero-order valence-electron chi connectivity index (χ0n) is 17.6. The number of benzene rings is 1. The van der Waals surface area contributed by atoms with Crippen LogP contribution in [0.5, 0.6) is 0 Å². The fourth-order valence-electron chi connectivity index (χ4n) is 4.91. The lowest BCUT2D eigenvalue weighted by molar-refractivity contribution is 0.0541. The molecule has 0 unspecified atom stereocenters. The summed E-state index contributed by atoms with van der Waals surface area (Å²) in [7, 11) is 0.912. The predicted octanol–water partition coefficient (Wildman–Crippen LogP) is 2.22. The maximum absolute atomic E-state index is 12.2. The van der Waals surface area contributed by atoms with E-state index in [-0.39, 0.29) is 23.0 Å². The van der Waals surface area contributed by atoms with Gasteiger partial charge in [-0.3, -0.25) is 4.90 Å². The molecule has 1 N–H and O–H groups in total. The van der Waals surface area contributed by atoms with Crippen molar-refractivity contribution in [2.24, 2.45) is 0 Å². The summed E-state index contributed by atoms with van der Waals surface area (Å²) in [4.78, 5) is 4.41. The molecule has 3 rings (SSSR count). The summed E-state index contributed by atoms with van der Waals surface area (Å²) < 4.78 is 24.4. The molecule has 1 aromatic rings. The monoisotopic (exact) mass is 408 g/mol. The molecule has 0 aromatic heterocycles. The van der Waals surface area contributed by atoms with Crippen LogP contribution in [0.4, 0.5) is 0 Å². The van der Waals surface area contributed by atoms with E-state index < -0.39 is 15.9 Å². The highest BCUT2D eigenvalue weighted by atomic mass is 32.2. The second-order valence-electron chi connectivity index (χ2n) is 9.19. The quantitative estimate of drug-likeness (QED) is 0.750. The van der Waals surface area contributed by atoms with Crippen LogP contribution in [0.25, 0.3) is 0 Å². The van der Waals surface area contributed by atoms with Gasteiger partial charge in [-0.25, -0.2) is 8.42 Å². The summed E-state index contributed by atoms with van der Waals surface area (Å²) in [6.45, 7) is 4.56. The molecule has 1 saturated carbocycles. The zero-order chi connectivity index (χ0) is 20.4. The van der Waals surface area contributed by atoms with Gasteiger partial charge in [0.2, 0.25) is 0 Å². The van der Waals surface area contributed by atoms with Crippen LogP contribution in [0.3, 0.4) is 0 Å². The molecule has 2 fully saturated rings. The van der Waals surface area contributed by atoms with Crippen molar-refractivity contribution < 1.29 is 13.5 Å². The number of rotatable bonds is 7. The SMILES string of the molecule is Cc1ccc(C2(CN(CCN(C)C)[C@@H]3CS(=O)(=O)C[C@@H]3O)CCCCC2)cc1. The van der Waals surface area contributed by atoms with E-state index in [1.54, 1.807) is 0 Å². The van der Waals surface area contributed by atoms with Gasteiger partial charge < -0.3 is 10.0 Å². The summed E-state index contributed by atoms with van der Waals surface area (Å²) >= 11 is 0. The molecule has 1 heterocycles. The van der Waals surface area contributed by atoms with Gasteiger partial charge in [-0.05, 0) is 39.4 Å². The Kier molecular flexibility index (Phi) is 6.85. The number of sulfone groups is 1. The molecular formula is C22H36N2O3S. The molecule has 1 aromatic carbocycles. The minimum Gasteiger partial charge on any atom is -0.390 e. The number of aryl methyl sites for hydroxylation is 1. The fourth-order valence-corrected chi connectivity index (χ4v) is 6.74. The first kappa shape index (κ1) is 21.8. The van der Waals surface area contributed by atoms with Crippen LogP contribution in [0.1, 0.15) is 43.2 Å². The third-order valence-corrected chi connectivity index (χ3v) is 8.28. The third-order valence-electron chi connectivity index (χ3n) is 6.58. The topological polar surface area (TPSA) is 60.9 Å². The molecule has 5 nitrogen and oxygen atoms in total. The van der Waals surface area contributed by atoms with Gasteiger partial charge in [-0.1, -0.05) is 49.1 Å². The third kappa shape index (κ3) is 5.15. The molecule has 6 heteroatoms. The molecule has 1 aliphatic heterocycles. The number of likely N-dealkylation sites (N-methyl/N-ethyl adjacent to an activating group) is 1. The van der Waals surface area contributed by atoms with Crippen molar-refractivity contribution in [2.75, 3.05) is 45.2 Å². The van der Waals surface area contributed by atoms with Crippen LogP contribution < -0.4 is 0 Å². The highest BCUT2D eigenvalue weighted by Crippen LogP contribution is 2.41. The minimum absolute atomic E-state index is 0.0460. The van der Waals surface area contributed by atoms with Crippen molar-refractivity contribution >= 4 is 9.84 Å². The fraction of sp³-hybridized carbons (Fsp3) is 0.727. The number of hydrogen-bond donors (Lipinski definition) is 1. The van der Waals surface area contributed by atoms with E-state index in [1.807, 2.05) is 14.1 Å². The second kappa shape index (κ2) is 8.82. The van der Waals surface area contributed by atoms with Crippen LogP contribution in [0.15, 0.2) is 24.3 Å². The zero-order valence-corrected chi connectivity index (χ0v) is 18.4. The molecule has 0 radical (unpaired) electrons. The first-order chi connectivity index (χ1) is 13.2. The van der Waals surface area contributed by atoms with Crippen LogP contribution in [-0.2, 0) is 15.3 Å². The van der Waals surface area contributed by atoms with Gasteiger partial charge in [0, 0.05) is 25.0 Å². The Bertz CT molecular complexity index is 740. The van der Waals surface area contributed by atoms with Gasteiger partial charge >= 0.3 is 0 Å². The average Bonchev–Trinajstić information content (AvgIpc) is 2.92. The first-order valence-electron chi connectivity index (χ1n) is 10.6. The van der Waals surface area contributed by atoms with Crippen LogP contribution >= 0.6 is 0 Å². The van der Waals surface area contributed by atoms with Gasteiger partial charge in [0.25, 0.3) is 0 Å². The molecule has 158 valence electrons. The van der Waals surface area contributed by atoms with E-state index in [1.165, 1.54) is 30.4 Å². The lowest BCUT2D eigenvalue weighted by Gasteiger charge is -2.44. The highest BCUT2D eigenvalue weighted by molar-refractivity contribution is 7.91. The average molecular weight is 409 g/mol. The number of aliphatic hydroxyl groups excluding tert-OH is 1. The van der Waals surface area contributed by atoms with E-state index >= 15 is 0 Å². The Morgan fingerprint density at radius 1 is 1.04 bits per heavy atom. The molecule has 2 atom stereocenters. The summed E-state index contributed by atoms with van der Waals surface area (Å²) in [5.41, 5.74) is 2.67. The van der Waals surface area contributed by atoms with E-state index in [4.69, 9.17) is 0 Å². The van der Waals surface area contributed by atoms with E-state index in [2.05, 4.69) is 41.0 Å². The first-order valence-corrected chi connectivity index (χ1v) is 12.4. The van der Waals surface area contributed by atoms with Gasteiger partial charge in [0.15, 0.2) is 9.84 Å². The van der Waals surface area contributed by atoms with Crippen LogP contribution in [-0.4, -0.2) is 80.7 Å². The lowest BCUT2D eigenvalue weighted by atomic mass is 9.68. The van der Waals surface area contributed by atoms with Gasteiger partial charge in [0.05, 0.1) is 23.7 Å². The molecule has 2 aliphatic rings. The van der Waals surface area contributed by atoms with Crippen molar-refractivity contribution in [1.82, 2.24) is 9.80 Å². The van der Waals surface area contributed by atoms with Gasteiger partial charge in [-0.2, -0.15) is 0 Å². The van der Waals surface area contributed by atoms with E-state index in [9.17, 15) is 13.5 Å². The minimum atomic E-state index is -3.16. The maximum Gasteiger partial charge on any atom is 0.154 e. The smallest absolute Gasteiger partial charge is 0.154 e. The van der Waals surface area contributed by atoms with Crippen molar-refractivity contribution in [1.29, 1.82) is 0 Å². The van der Waals surface area contributed by atoms with E-state index in [0.717, 1.165) is 32.5 Å². The highest BCUT2D eigenvalue weighted by Gasteiger charge is 2.43. The summed E-state index contributed by atoms with van der Waals surface area (Å²) in [5.74, 6) is -0.0285. The second-order valence-corrected chi connectivity index (χ2v) is 11.3. The molecule has 0 spiro atoms. The molecule has 0 amide bonds. The van der Waals surface area contributed by atoms with Crippen LogP contribution in [0, 0.1) is 6.92 Å². The van der Waals surface area contributed by atoms with Crippen LogP contribution in [0.2, 0.25) is 0 Å². The van der Waals surface area contributed by atoms with Crippen molar-refractivity contribution in [3.63, 3.8) is 0 Å². The van der Waals surface area contributed by atoms with E-state index in [0.29, 0.717) is 0 Å². The number of aliphatic hydroxyl groups is 1. The van der Waals surface area contributed by atoms with Crippen molar-refractivity contribution in [3.8, 4) is 0 Å². The standard InChI is InChI=1S/C22H36N2O3S/c1-18-7-9-19(10-8-18)22(11-5-4-6-12-22)17-24(14-13-23(2)3)20-15-28(26,27)16-21(20)25/h7-10,20-21,25H,4-6,11-17H2,1-3H3/t20-,21+/m1/s1. The maximum atomic E-state index is 12.2. The Morgan fingerprint density at radius 3 is 2.21 bits per heavy atom. The molecular weight excluding hydrogens is 372 g/mol. The van der Waals surface area contributed by atoms with Crippen molar-refractivity contribution in [3.05, 3.63) is 35.4 Å². The van der Waals surface area contributed by atoms with Gasteiger partial charge in [0.1, 0.15) is 0 Å². The van der Waals surface area contributed by atoms with Crippen molar-refractivity contribution in [2.45, 2.75) is 56.6 Å².